The number of benzene rings is 2. The number of hydrogen-bond acceptors (Lipinski definition) is 6. The number of nitrogens with two attached hydrogens (primary N) is 2. The van der Waals surface area contributed by atoms with Crippen molar-refractivity contribution in [1.29, 1.82) is 0 Å². The smallest absolute Gasteiger partial charge is 0.416 e. The molecule has 0 amide bonds. The maximum Gasteiger partial charge on any atom is 0.416 e. The molecule has 252 valence electrons. The summed E-state index contributed by atoms with van der Waals surface area (Å²) < 4.78 is 129. The molecule has 0 unspecified atom stereocenters. The molecule has 9 nitrogen and oxygen atoms in total. The number of hydrazone groups is 1. The molecule has 46 heavy (non-hydrogen) atoms. The Morgan fingerprint density at radius 2 is 1.48 bits per heavy atom. The zero-order valence-electron chi connectivity index (χ0n) is 24.7. The van der Waals surface area contributed by atoms with Crippen LogP contribution in [-0.4, -0.2) is 45.4 Å². The molecule has 0 fully saturated rings. The number of esters is 1. The summed E-state index contributed by atoms with van der Waals surface area (Å²) in [6.45, 7) is 1.80. The Kier molecular flexibility index (Phi) is 10.9. The molecule has 0 bridgehead atoms. The van der Waals surface area contributed by atoms with Crippen LogP contribution in [0.15, 0.2) is 47.7 Å². The van der Waals surface area contributed by atoms with Crippen LogP contribution in [0.4, 0.5) is 39.5 Å². The van der Waals surface area contributed by atoms with Gasteiger partial charge in [-0.25, -0.2) is 11.0 Å². The zero-order valence-corrected chi connectivity index (χ0v) is 24.7. The normalized spacial score (nSPS) is 12.8. The van der Waals surface area contributed by atoms with Gasteiger partial charge in [0, 0.05) is 31.9 Å². The van der Waals surface area contributed by atoms with Crippen LogP contribution in [0.5, 0.6) is 0 Å². The molecule has 0 spiro atoms. The van der Waals surface area contributed by atoms with Crippen molar-refractivity contribution in [1.82, 2.24) is 19.8 Å². The Balaban J connectivity index is 2.20. The van der Waals surface area contributed by atoms with Crippen LogP contribution in [0.3, 0.4) is 0 Å². The summed E-state index contributed by atoms with van der Waals surface area (Å²) >= 11 is 0. The van der Waals surface area contributed by atoms with E-state index >= 15 is 0 Å². The average Bonchev–Trinajstić information content (AvgIpc) is 3.33. The summed E-state index contributed by atoms with van der Waals surface area (Å²) in [4.78, 5) is 13.0. The summed E-state index contributed by atoms with van der Waals surface area (Å²) in [7, 11) is 1.22. The maximum absolute atomic E-state index is 13.8. The molecular formula is C28H30F9N7O2. The lowest BCUT2D eigenvalue weighted by Gasteiger charge is -2.27. The quantitative estimate of drug-likeness (QED) is 0.0705. The number of hydrazine groups is 1. The molecule has 3 aromatic rings. The van der Waals surface area contributed by atoms with Crippen LogP contribution in [0.2, 0.25) is 0 Å². The van der Waals surface area contributed by atoms with Crippen molar-refractivity contribution in [3.63, 3.8) is 0 Å². The fraction of sp³-hybridized carbons (Fsp3) is 0.393. The molecule has 0 saturated heterocycles. The van der Waals surface area contributed by atoms with Crippen LogP contribution >= 0.6 is 0 Å². The van der Waals surface area contributed by atoms with Gasteiger partial charge >= 0.3 is 24.5 Å². The van der Waals surface area contributed by atoms with Gasteiger partial charge in [-0.05, 0) is 60.4 Å². The van der Waals surface area contributed by atoms with E-state index in [0.717, 1.165) is 23.1 Å². The molecular weight excluding hydrogens is 637 g/mol. The molecule has 0 saturated carbocycles. The fourth-order valence-electron chi connectivity index (χ4n) is 4.48. The number of rotatable bonds is 10. The summed E-state index contributed by atoms with van der Waals surface area (Å²) in [6, 6.07) is 3.57. The largest absolute Gasteiger partial charge is 0.465 e. The number of alkyl halides is 9. The number of ether oxygens (including phenoxy) is 1. The highest BCUT2D eigenvalue weighted by Gasteiger charge is 2.37. The monoisotopic (exact) mass is 667 g/mol. The SMILES string of the molecule is CCOC(=O)Cn1cc(CC)c(-c2ccc(C(F)(F)F)cc2CN(Cc2cc(C(F)(F)F)cc(C(F)(F)F)c2)/C(N)=N/N(C)N)n1. The maximum atomic E-state index is 13.8. The topological polar surface area (TPSA) is 115 Å². The lowest BCUT2D eigenvalue weighted by Crippen LogP contribution is -2.39. The molecule has 2 aromatic carbocycles. The second-order valence-corrected chi connectivity index (χ2v) is 10.0. The van der Waals surface area contributed by atoms with E-state index in [0.29, 0.717) is 29.2 Å². The minimum absolute atomic E-state index is 0.0528. The highest BCUT2D eigenvalue weighted by molar-refractivity contribution is 5.78. The molecule has 0 radical (unpaired) electrons. The highest BCUT2D eigenvalue weighted by Crippen LogP contribution is 2.38. The van der Waals surface area contributed by atoms with Gasteiger partial charge in [-0.15, -0.1) is 5.10 Å². The molecule has 0 aliphatic carbocycles. The lowest BCUT2D eigenvalue weighted by molar-refractivity contribution is -0.144. The minimum Gasteiger partial charge on any atom is -0.465 e. The Labute approximate surface area is 257 Å². The molecule has 0 atom stereocenters. The third kappa shape index (κ3) is 9.27. The number of carbonyl (C=O) groups is 1. The predicted octanol–water partition coefficient (Wildman–Crippen LogP) is 5.77. The zero-order chi connectivity index (χ0) is 34.6. The summed E-state index contributed by atoms with van der Waals surface area (Å²) in [5, 5.41) is 8.84. The first-order valence-electron chi connectivity index (χ1n) is 13.5. The molecule has 0 aliphatic rings. The van der Waals surface area contributed by atoms with Gasteiger partial charge in [0.25, 0.3) is 0 Å². The molecule has 1 aromatic heterocycles. The first-order chi connectivity index (χ1) is 21.2. The Morgan fingerprint density at radius 1 is 0.891 bits per heavy atom. The van der Waals surface area contributed by atoms with Gasteiger partial charge in [0.1, 0.15) is 6.54 Å². The van der Waals surface area contributed by atoms with Crippen molar-refractivity contribution in [2.75, 3.05) is 13.7 Å². The van der Waals surface area contributed by atoms with Gasteiger partial charge in [0.05, 0.1) is 29.0 Å². The first kappa shape index (κ1) is 36.0. The minimum atomic E-state index is -5.15. The van der Waals surface area contributed by atoms with E-state index in [2.05, 4.69) is 10.2 Å². The number of hydrogen-bond donors (Lipinski definition) is 2. The number of halogens is 9. The first-order valence-corrected chi connectivity index (χ1v) is 13.5. The van der Waals surface area contributed by atoms with E-state index < -0.39 is 65.8 Å². The molecule has 4 N–H and O–H groups in total. The van der Waals surface area contributed by atoms with Crippen molar-refractivity contribution in [3.8, 4) is 11.3 Å². The van der Waals surface area contributed by atoms with E-state index in [-0.39, 0.29) is 36.0 Å². The van der Waals surface area contributed by atoms with Gasteiger partial charge in [-0.3, -0.25) is 9.48 Å². The molecule has 0 aliphatic heterocycles. The number of carbonyl (C=O) groups excluding carboxylic acids is 1. The van der Waals surface area contributed by atoms with Crippen LogP contribution in [0.1, 0.15) is 47.2 Å². The van der Waals surface area contributed by atoms with Crippen molar-refractivity contribution in [2.45, 2.75) is 58.4 Å². The van der Waals surface area contributed by atoms with E-state index in [1.165, 1.54) is 17.9 Å². The number of aromatic nitrogens is 2. The van der Waals surface area contributed by atoms with Gasteiger partial charge < -0.3 is 15.4 Å². The van der Waals surface area contributed by atoms with E-state index in [1.54, 1.807) is 13.8 Å². The van der Waals surface area contributed by atoms with Crippen molar-refractivity contribution >= 4 is 11.9 Å². The van der Waals surface area contributed by atoms with Crippen molar-refractivity contribution in [3.05, 3.63) is 76.0 Å². The van der Waals surface area contributed by atoms with Crippen LogP contribution in [0.25, 0.3) is 11.3 Å². The number of guanidine groups is 1. The summed E-state index contributed by atoms with van der Waals surface area (Å²) in [6.07, 6.45) is -13.3. The highest BCUT2D eigenvalue weighted by atomic mass is 19.4. The van der Waals surface area contributed by atoms with Gasteiger partial charge in [0.2, 0.25) is 5.96 Å². The third-order valence-electron chi connectivity index (χ3n) is 6.47. The fourth-order valence-corrected chi connectivity index (χ4v) is 4.48. The third-order valence-corrected chi connectivity index (χ3v) is 6.47. The number of nitrogens with zero attached hydrogens (tertiary/aromatic N) is 5. The molecule has 3 rings (SSSR count). The number of aryl methyl sites for hydroxylation is 1. The van der Waals surface area contributed by atoms with Crippen molar-refractivity contribution in [2.24, 2.45) is 16.7 Å². The second-order valence-electron chi connectivity index (χ2n) is 10.0. The summed E-state index contributed by atoms with van der Waals surface area (Å²) in [5.74, 6) is 4.38. The van der Waals surface area contributed by atoms with E-state index in [4.69, 9.17) is 16.3 Å². The van der Waals surface area contributed by atoms with Crippen LogP contribution in [0, 0.1) is 0 Å². The Bertz CT molecular complexity index is 1530. The molecule has 18 heteroatoms. The Morgan fingerprint density at radius 3 is 1.98 bits per heavy atom. The van der Waals surface area contributed by atoms with Crippen LogP contribution < -0.4 is 11.6 Å². The van der Waals surface area contributed by atoms with E-state index in [1.807, 2.05) is 0 Å². The average molecular weight is 668 g/mol. The lowest BCUT2D eigenvalue weighted by atomic mass is 9.97. The second kappa shape index (κ2) is 13.9. The predicted molar refractivity (Wildman–Crippen MR) is 148 cm³/mol. The molecule has 1 heterocycles. The Hall–Kier alpha value is -4.48. The van der Waals surface area contributed by atoms with Gasteiger partial charge in [-0.1, -0.05) is 13.0 Å². The van der Waals surface area contributed by atoms with Gasteiger partial charge in [-0.2, -0.15) is 44.6 Å². The van der Waals surface area contributed by atoms with E-state index in [9.17, 15) is 44.3 Å². The van der Waals surface area contributed by atoms with Gasteiger partial charge in [0.15, 0.2) is 0 Å². The van der Waals surface area contributed by atoms with Crippen molar-refractivity contribution < 1.29 is 49.0 Å². The summed E-state index contributed by atoms with van der Waals surface area (Å²) in [5.41, 5.74) is 1.96. The standard InChI is InChI=1S/C28H30F9N7O2/c1-4-17-14-44(15-23(45)46-5-2)40-24(17)22-7-6-19(26(29,30)31)10-18(22)13-43(25(38)41-42(3)39)12-16-8-20(27(32,33)34)11-21(9-16)28(35,36)37/h6-11,14H,4-5,12-13,15,39H2,1-3H3,(H2,38,41). The van der Waals surface area contributed by atoms with Crippen LogP contribution in [-0.2, 0) is 54.1 Å².